The quantitative estimate of drug-likeness (QED) is 0.303. The van der Waals surface area contributed by atoms with Crippen molar-refractivity contribution in [3.8, 4) is 16.9 Å². The lowest BCUT2D eigenvalue weighted by Gasteiger charge is -2.25. The van der Waals surface area contributed by atoms with Crippen LogP contribution in [0.15, 0.2) is 48.8 Å². The van der Waals surface area contributed by atoms with Crippen molar-refractivity contribution >= 4 is 17.8 Å². The van der Waals surface area contributed by atoms with Gasteiger partial charge in [0.05, 0.1) is 31.3 Å². The van der Waals surface area contributed by atoms with E-state index in [2.05, 4.69) is 15.6 Å². The molecule has 40 heavy (non-hydrogen) atoms. The van der Waals surface area contributed by atoms with E-state index in [1.54, 1.807) is 0 Å². The first-order valence-corrected chi connectivity index (χ1v) is 12.8. The Bertz CT molecular complexity index is 1390. The van der Waals surface area contributed by atoms with Crippen LogP contribution >= 0.6 is 0 Å². The minimum absolute atomic E-state index is 0.0464. The number of carboxylic acid groups (broad SMARTS) is 1. The molecule has 2 amide bonds. The van der Waals surface area contributed by atoms with Crippen molar-refractivity contribution in [1.82, 2.24) is 15.6 Å². The summed E-state index contributed by atoms with van der Waals surface area (Å²) in [6.07, 6.45) is 2.25. The highest BCUT2D eigenvalue weighted by molar-refractivity contribution is 5.99. The summed E-state index contributed by atoms with van der Waals surface area (Å²) in [6.45, 7) is 7.35. The fourth-order valence-electron chi connectivity index (χ4n) is 4.63. The number of hydrogen-bond acceptors (Lipinski definition) is 5. The number of pyridine rings is 1. The third-order valence-corrected chi connectivity index (χ3v) is 6.47. The fraction of sp³-hybridized carbons (Fsp3) is 0.333. The van der Waals surface area contributed by atoms with Gasteiger partial charge >= 0.3 is 5.97 Å². The van der Waals surface area contributed by atoms with E-state index in [4.69, 9.17) is 4.74 Å². The van der Waals surface area contributed by atoms with Crippen molar-refractivity contribution in [2.45, 2.75) is 52.6 Å². The number of aryl methyl sites for hydroxylation is 2. The predicted molar refractivity (Wildman–Crippen MR) is 146 cm³/mol. The first kappa shape index (κ1) is 30.2. The van der Waals surface area contributed by atoms with Gasteiger partial charge < -0.3 is 20.5 Å². The molecule has 0 fully saturated rings. The standard InChI is InChI=1S/C30H33F2N3O5/c1-16(2)11-24(35-29(38)20-9-10-33-15-25(20)40-5)30(39)34-23(14-26(36)37)21-12-19(13-22(31)28(21)32)27-17(3)7-6-8-18(27)4/h6-10,12-13,15-16,23-24H,11,14H2,1-5H3,(H,34,39)(H,35,38)(H,36,37)/t23-,24-/m0/s1. The number of carbonyl (C=O) groups is 3. The molecule has 2 atom stereocenters. The Labute approximate surface area is 231 Å². The van der Waals surface area contributed by atoms with E-state index in [1.165, 1.54) is 31.6 Å². The maximum atomic E-state index is 15.2. The first-order valence-electron chi connectivity index (χ1n) is 12.8. The number of rotatable bonds is 11. The second-order valence-electron chi connectivity index (χ2n) is 10.0. The van der Waals surface area contributed by atoms with Gasteiger partial charge in [0.15, 0.2) is 11.6 Å². The summed E-state index contributed by atoms with van der Waals surface area (Å²) < 4.78 is 35.2. The molecule has 0 aliphatic carbocycles. The van der Waals surface area contributed by atoms with Gasteiger partial charge in [-0.3, -0.25) is 19.4 Å². The number of carbonyl (C=O) groups excluding carboxylic acids is 2. The molecule has 0 saturated carbocycles. The molecule has 212 valence electrons. The Hall–Kier alpha value is -4.34. The van der Waals surface area contributed by atoms with E-state index in [1.807, 2.05) is 45.9 Å². The molecule has 0 unspecified atom stereocenters. The van der Waals surface area contributed by atoms with Crippen LogP contribution in [0.2, 0.25) is 0 Å². The number of methoxy groups -OCH3 is 1. The maximum absolute atomic E-state index is 15.2. The van der Waals surface area contributed by atoms with Gasteiger partial charge in [0, 0.05) is 11.8 Å². The molecular weight excluding hydrogens is 520 g/mol. The Balaban J connectivity index is 1.99. The van der Waals surface area contributed by atoms with Crippen LogP contribution < -0.4 is 15.4 Å². The summed E-state index contributed by atoms with van der Waals surface area (Å²) in [4.78, 5) is 42.1. The van der Waals surface area contributed by atoms with Gasteiger partial charge in [-0.05, 0) is 66.6 Å². The van der Waals surface area contributed by atoms with Gasteiger partial charge in [-0.15, -0.1) is 0 Å². The molecule has 1 aromatic heterocycles. The SMILES string of the molecule is COc1cnccc1C(=O)N[C@@H](CC(C)C)C(=O)N[C@@H](CC(=O)O)c1cc(-c2c(C)cccc2C)cc(F)c1F. The van der Waals surface area contributed by atoms with Crippen LogP contribution in [-0.4, -0.2) is 41.0 Å². The summed E-state index contributed by atoms with van der Waals surface area (Å²) in [5, 5.41) is 14.8. The Kier molecular flexibility index (Phi) is 9.93. The number of hydrogen-bond donors (Lipinski definition) is 3. The molecule has 2 aromatic carbocycles. The summed E-state index contributed by atoms with van der Waals surface area (Å²) in [5.41, 5.74) is 2.52. The smallest absolute Gasteiger partial charge is 0.305 e. The number of carboxylic acids is 1. The van der Waals surface area contributed by atoms with E-state index in [-0.39, 0.29) is 29.2 Å². The lowest BCUT2D eigenvalue weighted by atomic mass is 9.92. The number of aromatic nitrogens is 1. The van der Waals surface area contributed by atoms with Gasteiger partial charge in [-0.1, -0.05) is 32.0 Å². The van der Waals surface area contributed by atoms with Crippen molar-refractivity contribution in [2.75, 3.05) is 7.11 Å². The monoisotopic (exact) mass is 553 g/mol. The van der Waals surface area contributed by atoms with Gasteiger partial charge in [0.1, 0.15) is 11.8 Å². The number of halogens is 2. The highest BCUT2D eigenvalue weighted by Gasteiger charge is 2.30. The molecule has 0 bridgehead atoms. The van der Waals surface area contributed by atoms with Crippen molar-refractivity contribution < 1.29 is 33.0 Å². The van der Waals surface area contributed by atoms with E-state index >= 15 is 4.39 Å². The van der Waals surface area contributed by atoms with Crippen LogP contribution in [0.1, 0.15) is 59.8 Å². The van der Waals surface area contributed by atoms with Crippen LogP contribution in [-0.2, 0) is 9.59 Å². The van der Waals surface area contributed by atoms with Gasteiger partial charge in [0.2, 0.25) is 5.91 Å². The lowest BCUT2D eigenvalue weighted by molar-refractivity contribution is -0.137. The summed E-state index contributed by atoms with van der Waals surface area (Å²) in [5.74, 6) is -4.94. The number of nitrogens with one attached hydrogen (secondary N) is 2. The Morgan fingerprint density at radius 3 is 2.33 bits per heavy atom. The molecule has 0 radical (unpaired) electrons. The highest BCUT2D eigenvalue weighted by Crippen LogP contribution is 2.33. The largest absolute Gasteiger partial charge is 0.494 e. The minimum atomic E-state index is -1.41. The van der Waals surface area contributed by atoms with Gasteiger partial charge in [-0.2, -0.15) is 0 Å². The van der Waals surface area contributed by atoms with Crippen LogP contribution in [0, 0.1) is 31.4 Å². The topological polar surface area (TPSA) is 118 Å². The molecule has 0 saturated heterocycles. The maximum Gasteiger partial charge on any atom is 0.305 e. The zero-order valence-corrected chi connectivity index (χ0v) is 23.0. The Morgan fingerprint density at radius 1 is 1.05 bits per heavy atom. The molecule has 3 N–H and O–H groups in total. The molecule has 0 spiro atoms. The lowest BCUT2D eigenvalue weighted by Crippen LogP contribution is -2.48. The molecule has 8 nitrogen and oxygen atoms in total. The summed E-state index contributed by atoms with van der Waals surface area (Å²) >= 11 is 0. The van der Waals surface area contributed by atoms with Crippen molar-refractivity contribution in [3.63, 3.8) is 0 Å². The van der Waals surface area contributed by atoms with Crippen LogP contribution in [0.3, 0.4) is 0 Å². The second-order valence-corrected chi connectivity index (χ2v) is 10.0. The van der Waals surface area contributed by atoms with E-state index < -0.39 is 47.9 Å². The number of nitrogens with zero attached hydrogens (tertiary/aromatic N) is 1. The Morgan fingerprint density at radius 2 is 1.73 bits per heavy atom. The van der Waals surface area contributed by atoms with Gasteiger partial charge in [-0.25, -0.2) is 8.78 Å². The molecule has 3 rings (SSSR count). The third kappa shape index (κ3) is 7.19. The average molecular weight is 554 g/mol. The normalized spacial score (nSPS) is 12.5. The second kappa shape index (κ2) is 13.1. The zero-order chi connectivity index (χ0) is 29.6. The molecule has 10 heteroatoms. The highest BCUT2D eigenvalue weighted by atomic mass is 19.2. The molecule has 1 heterocycles. The zero-order valence-electron chi connectivity index (χ0n) is 23.0. The van der Waals surface area contributed by atoms with Gasteiger partial charge in [0.25, 0.3) is 5.91 Å². The van der Waals surface area contributed by atoms with Crippen LogP contribution in [0.25, 0.3) is 11.1 Å². The first-order chi connectivity index (χ1) is 18.9. The van der Waals surface area contributed by atoms with E-state index in [9.17, 15) is 23.9 Å². The van der Waals surface area contributed by atoms with E-state index in [0.29, 0.717) is 11.1 Å². The molecular formula is C30H33F2N3O5. The fourth-order valence-corrected chi connectivity index (χ4v) is 4.63. The summed E-state index contributed by atoms with van der Waals surface area (Å²) in [6, 6.07) is 6.84. The number of aliphatic carboxylic acids is 1. The third-order valence-electron chi connectivity index (χ3n) is 6.47. The molecule has 0 aliphatic rings. The molecule has 3 aromatic rings. The van der Waals surface area contributed by atoms with Crippen molar-refractivity contribution in [3.05, 3.63) is 82.7 Å². The van der Waals surface area contributed by atoms with E-state index in [0.717, 1.165) is 17.2 Å². The summed E-state index contributed by atoms with van der Waals surface area (Å²) in [7, 11) is 1.38. The minimum Gasteiger partial charge on any atom is -0.494 e. The van der Waals surface area contributed by atoms with Crippen LogP contribution in [0.5, 0.6) is 5.75 Å². The van der Waals surface area contributed by atoms with Crippen LogP contribution in [0.4, 0.5) is 8.78 Å². The van der Waals surface area contributed by atoms with Crippen molar-refractivity contribution in [1.29, 1.82) is 0 Å². The number of ether oxygens (including phenoxy) is 1. The number of benzene rings is 2. The average Bonchev–Trinajstić information content (AvgIpc) is 2.89. The molecule has 0 aliphatic heterocycles. The number of amides is 2. The predicted octanol–water partition coefficient (Wildman–Crippen LogP) is 5.13. The van der Waals surface area contributed by atoms with Crippen molar-refractivity contribution in [2.24, 2.45) is 5.92 Å².